The normalized spacial score (nSPS) is 18.4. The summed E-state index contributed by atoms with van der Waals surface area (Å²) in [7, 11) is 0. The molecule has 1 aliphatic heterocycles. The second-order valence-corrected chi connectivity index (χ2v) is 4.34. The van der Waals surface area contributed by atoms with Crippen molar-refractivity contribution in [1.82, 2.24) is 0 Å². The summed E-state index contributed by atoms with van der Waals surface area (Å²) >= 11 is 0. The van der Waals surface area contributed by atoms with Crippen LogP contribution in [0.1, 0.15) is 11.1 Å². The summed E-state index contributed by atoms with van der Waals surface area (Å²) in [5, 5.41) is 2.33. The van der Waals surface area contributed by atoms with Gasteiger partial charge >= 0.3 is 0 Å². The summed E-state index contributed by atoms with van der Waals surface area (Å²) in [6.07, 6.45) is 4.20. The van der Waals surface area contributed by atoms with E-state index in [1.54, 1.807) is 0 Å². The molecule has 0 unspecified atom stereocenters. The maximum Gasteiger partial charge on any atom is 0.279 e. The summed E-state index contributed by atoms with van der Waals surface area (Å²) in [6.45, 7) is 0. The first-order valence-electron chi connectivity index (χ1n) is 5.63. The van der Waals surface area contributed by atoms with Gasteiger partial charge in [0.05, 0.1) is 0 Å². The lowest BCUT2D eigenvalue weighted by atomic mass is 10.0. The van der Waals surface area contributed by atoms with Gasteiger partial charge in [-0.25, -0.2) is 0 Å². The molecule has 17 heavy (non-hydrogen) atoms. The molecule has 1 saturated heterocycles. The smallest absolute Gasteiger partial charge is 0.184 e. The Kier molecular flexibility index (Phi) is 1.65. The Labute approximate surface area is 98.3 Å². The predicted molar refractivity (Wildman–Crippen MR) is 64.0 cm³/mol. The average Bonchev–Trinajstić information content (AvgIpc) is 3.15. The molecular weight excluding hydrogens is 212 g/mol. The van der Waals surface area contributed by atoms with E-state index in [1.165, 1.54) is 5.22 Å². The summed E-state index contributed by atoms with van der Waals surface area (Å²) in [5.74, 6) is -0.667. The molecule has 4 rings (SSSR count). The second-order valence-electron chi connectivity index (χ2n) is 4.34. The van der Waals surface area contributed by atoms with Crippen molar-refractivity contribution in [3.63, 3.8) is 0 Å². The SMILES string of the molecule is C1=c2ccccc2=CC2(OO2)c2ccccc21. The minimum absolute atomic E-state index is 0.667. The van der Waals surface area contributed by atoms with E-state index in [2.05, 4.69) is 24.3 Å². The van der Waals surface area contributed by atoms with Gasteiger partial charge in [0.2, 0.25) is 0 Å². The number of rotatable bonds is 0. The fraction of sp³-hybridized carbons (Fsp3) is 0.0667. The van der Waals surface area contributed by atoms with Crippen molar-refractivity contribution in [3.8, 4) is 0 Å². The molecule has 2 nitrogen and oxygen atoms in total. The molecule has 1 aliphatic carbocycles. The quantitative estimate of drug-likeness (QED) is 0.497. The first-order valence-corrected chi connectivity index (χ1v) is 5.63. The fourth-order valence-corrected chi connectivity index (χ4v) is 2.35. The Morgan fingerprint density at radius 1 is 0.765 bits per heavy atom. The zero-order valence-corrected chi connectivity index (χ0v) is 9.09. The highest BCUT2D eigenvalue weighted by Gasteiger charge is 2.50. The van der Waals surface area contributed by atoms with E-state index in [4.69, 9.17) is 9.78 Å². The van der Waals surface area contributed by atoms with Crippen LogP contribution in [0, 0.1) is 0 Å². The summed E-state index contributed by atoms with van der Waals surface area (Å²) in [5.41, 5.74) is 2.21. The van der Waals surface area contributed by atoms with Gasteiger partial charge in [-0.05, 0) is 28.2 Å². The van der Waals surface area contributed by atoms with E-state index in [-0.39, 0.29) is 0 Å². The lowest BCUT2D eigenvalue weighted by Gasteiger charge is -2.04. The van der Waals surface area contributed by atoms with Gasteiger partial charge in [-0.15, -0.1) is 0 Å². The summed E-state index contributed by atoms with van der Waals surface area (Å²) < 4.78 is 0. The van der Waals surface area contributed by atoms with Crippen LogP contribution in [0.3, 0.4) is 0 Å². The number of fused-ring (bicyclic) bond motifs is 3. The topological polar surface area (TPSA) is 25.1 Å². The highest BCUT2D eigenvalue weighted by Crippen LogP contribution is 2.44. The van der Waals surface area contributed by atoms with E-state index >= 15 is 0 Å². The maximum absolute atomic E-state index is 5.22. The zero-order chi connectivity index (χ0) is 11.3. The number of hydrogen-bond donors (Lipinski definition) is 0. The molecule has 2 aromatic rings. The molecule has 1 spiro atoms. The van der Waals surface area contributed by atoms with Gasteiger partial charge in [-0.2, -0.15) is 9.78 Å². The van der Waals surface area contributed by atoms with Gasteiger partial charge in [0.1, 0.15) is 0 Å². The van der Waals surface area contributed by atoms with Crippen LogP contribution in [0.2, 0.25) is 0 Å². The molecule has 0 bridgehead atoms. The van der Waals surface area contributed by atoms with Gasteiger partial charge in [-0.3, -0.25) is 0 Å². The van der Waals surface area contributed by atoms with Crippen LogP contribution < -0.4 is 10.4 Å². The Bertz CT molecular complexity index is 712. The lowest BCUT2D eigenvalue weighted by molar-refractivity contribution is 0.0850. The standard InChI is InChI=1S/C15H10O2/c1-2-7-13-10-15(16-17-15)14-8-4-3-6-12(14)9-11(13)5-1/h1-10H. The van der Waals surface area contributed by atoms with E-state index in [9.17, 15) is 0 Å². The van der Waals surface area contributed by atoms with Gasteiger partial charge in [0.25, 0.3) is 5.79 Å². The first-order chi connectivity index (χ1) is 8.37. The van der Waals surface area contributed by atoms with Gasteiger partial charge in [0.15, 0.2) is 0 Å². The van der Waals surface area contributed by atoms with Gasteiger partial charge in [-0.1, -0.05) is 48.5 Å². The maximum atomic E-state index is 5.22. The van der Waals surface area contributed by atoms with Gasteiger partial charge in [0, 0.05) is 5.56 Å². The van der Waals surface area contributed by atoms with Crippen molar-refractivity contribution in [2.75, 3.05) is 0 Å². The van der Waals surface area contributed by atoms with Crippen LogP contribution >= 0.6 is 0 Å². The van der Waals surface area contributed by atoms with Crippen LogP contribution in [0.4, 0.5) is 0 Å². The monoisotopic (exact) mass is 222 g/mol. The van der Waals surface area contributed by atoms with E-state index in [0.29, 0.717) is 0 Å². The van der Waals surface area contributed by atoms with Crippen molar-refractivity contribution in [3.05, 3.63) is 70.1 Å². The van der Waals surface area contributed by atoms with Crippen LogP contribution in [0.15, 0.2) is 48.5 Å². The van der Waals surface area contributed by atoms with E-state index in [1.807, 2.05) is 36.4 Å². The van der Waals surface area contributed by atoms with Crippen LogP contribution in [-0.4, -0.2) is 0 Å². The molecule has 1 heterocycles. The van der Waals surface area contributed by atoms with Gasteiger partial charge < -0.3 is 0 Å². The Hall–Kier alpha value is -1.90. The fourth-order valence-electron chi connectivity index (χ4n) is 2.35. The van der Waals surface area contributed by atoms with Crippen LogP contribution in [0.25, 0.3) is 12.2 Å². The molecule has 0 radical (unpaired) electrons. The predicted octanol–water partition coefficient (Wildman–Crippen LogP) is 1.42. The summed E-state index contributed by atoms with van der Waals surface area (Å²) in [6, 6.07) is 16.4. The first kappa shape index (κ1) is 9.16. The minimum Gasteiger partial charge on any atom is -0.184 e. The Morgan fingerprint density at radius 2 is 1.47 bits per heavy atom. The molecule has 2 aliphatic rings. The zero-order valence-electron chi connectivity index (χ0n) is 9.09. The molecular formula is C15H10O2. The van der Waals surface area contributed by atoms with Crippen molar-refractivity contribution in [2.24, 2.45) is 0 Å². The second kappa shape index (κ2) is 3.06. The third-order valence-corrected chi connectivity index (χ3v) is 3.25. The lowest BCUT2D eigenvalue weighted by Crippen LogP contribution is -2.24. The third kappa shape index (κ3) is 1.28. The summed E-state index contributed by atoms with van der Waals surface area (Å²) in [4.78, 5) is 10.4. The minimum atomic E-state index is -0.667. The van der Waals surface area contributed by atoms with Crippen LogP contribution in [0.5, 0.6) is 0 Å². The van der Waals surface area contributed by atoms with Crippen molar-refractivity contribution < 1.29 is 9.78 Å². The largest absolute Gasteiger partial charge is 0.279 e. The average molecular weight is 222 g/mol. The third-order valence-electron chi connectivity index (χ3n) is 3.25. The molecule has 0 amide bonds. The number of benzene rings is 2. The Morgan fingerprint density at radius 3 is 2.29 bits per heavy atom. The van der Waals surface area contributed by atoms with Crippen molar-refractivity contribution in [1.29, 1.82) is 0 Å². The molecule has 0 aromatic heterocycles. The molecule has 82 valence electrons. The molecule has 1 fully saturated rings. The molecule has 0 N–H and O–H groups in total. The Balaban J connectivity index is 2.15. The molecule has 0 atom stereocenters. The molecule has 2 aromatic carbocycles. The van der Waals surface area contributed by atoms with Crippen molar-refractivity contribution >= 4 is 12.2 Å². The molecule has 0 saturated carbocycles. The highest BCUT2D eigenvalue weighted by molar-refractivity contribution is 5.62. The van der Waals surface area contributed by atoms with Crippen LogP contribution in [-0.2, 0) is 15.6 Å². The molecule has 2 heteroatoms. The highest BCUT2D eigenvalue weighted by atomic mass is 17.4. The van der Waals surface area contributed by atoms with Crippen molar-refractivity contribution in [2.45, 2.75) is 5.79 Å². The number of hydrogen-bond acceptors (Lipinski definition) is 2. The van der Waals surface area contributed by atoms with E-state index in [0.717, 1.165) is 16.3 Å². The van der Waals surface area contributed by atoms with E-state index < -0.39 is 5.79 Å².